The van der Waals surface area contributed by atoms with Gasteiger partial charge in [0.15, 0.2) is 5.76 Å². The first-order chi connectivity index (χ1) is 14.6. The molecule has 2 aromatic rings. The summed E-state index contributed by atoms with van der Waals surface area (Å²) in [5, 5.41) is 22.7. The number of benzene rings is 1. The van der Waals surface area contributed by atoms with Crippen LogP contribution in [-0.4, -0.2) is 63.7 Å². The van der Waals surface area contributed by atoms with Gasteiger partial charge in [0.1, 0.15) is 0 Å². The molecule has 9 nitrogen and oxygen atoms in total. The number of aliphatic hydroxyl groups excluding tert-OH is 1. The van der Waals surface area contributed by atoms with Gasteiger partial charge in [-0.25, -0.2) is 4.98 Å². The highest BCUT2D eigenvalue weighted by Gasteiger charge is 2.44. The first-order valence-electron chi connectivity index (χ1n) is 9.73. The highest BCUT2D eigenvalue weighted by molar-refractivity contribution is 7.14. The van der Waals surface area contributed by atoms with Gasteiger partial charge in [-0.3, -0.25) is 19.7 Å². The molecule has 31 heavy (non-hydrogen) atoms. The minimum atomic E-state index is -0.913. The highest BCUT2D eigenvalue weighted by Crippen LogP contribution is 2.40. The fraction of sp³-hybridized carbons (Fsp3) is 0.381. The Bertz CT molecular complexity index is 1080. The number of carbonyl (C=O) groups is 2. The molecule has 1 amide bonds. The van der Waals surface area contributed by atoms with Crippen LogP contribution < -0.4 is 0 Å². The summed E-state index contributed by atoms with van der Waals surface area (Å²) < 4.78 is 0. The molecule has 0 unspecified atom stereocenters. The number of hydrogen-bond donors (Lipinski definition) is 1. The molecule has 1 aliphatic heterocycles. The third-order valence-electron chi connectivity index (χ3n) is 5.06. The Morgan fingerprint density at radius 1 is 1.35 bits per heavy atom. The number of aromatic nitrogens is 1. The smallest absolute Gasteiger partial charge is 0.290 e. The lowest BCUT2D eigenvalue weighted by atomic mass is 9.94. The Hall–Kier alpha value is -3.11. The van der Waals surface area contributed by atoms with Crippen LogP contribution in [-0.2, 0) is 4.79 Å². The average molecular weight is 445 g/mol. The highest BCUT2D eigenvalue weighted by atomic mass is 32.1. The normalized spacial score (nSPS) is 16.5. The quantitative estimate of drug-likeness (QED) is 0.377. The number of ketones is 1. The second kappa shape index (κ2) is 8.94. The van der Waals surface area contributed by atoms with E-state index in [-0.39, 0.29) is 17.8 Å². The Labute approximate surface area is 183 Å². The summed E-state index contributed by atoms with van der Waals surface area (Å²) in [5.41, 5.74) is 0.700. The van der Waals surface area contributed by atoms with Crippen molar-refractivity contribution in [2.75, 3.05) is 27.2 Å². The number of aryl methyl sites for hydroxylation is 2. The third-order valence-corrected chi connectivity index (χ3v) is 6.13. The Balaban J connectivity index is 2.08. The van der Waals surface area contributed by atoms with Crippen molar-refractivity contribution in [3.05, 3.63) is 66.9 Å². The Morgan fingerprint density at radius 3 is 2.65 bits per heavy atom. The third kappa shape index (κ3) is 4.49. The second-order valence-electron chi connectivity index (χ2n) is 7.65. The van der Waals surface area contributed by atoms with Crippen LogP contribution in [0, 0.1) is 24.0 Å². The minimum absolute atomic E-state index is 0.0675. The molecule has 0 fully saturated rings. The Morgan fingerprint density at radius 2 is 2.06 bits per heavy atom. The van der Waals surface area contributed by atoms with Crippen LogP contribution in [0.3, 0.4) is 0 Å². The van der Waals surface area contributed by atoms with Crippen molar-refractivity contribution >= 4 is 28.7 Å². The summed E-state index contributed by atoms with van der Waals surface area (Å²) in [4.78, 5) is 45.1. The van der Waals surface area contributed by atoms with Crippen molar-refractivity contribution in [2.24, 2.45) is 0 Å². The zero-order chi connectivity index (χ0) is 22.9. The van der Waals surface area contributed by atoms with Gasteiger partial charge in [-0.1, -0.05) is 12.1 Å². The van der Waals surface area contributed by atoms with E-state index in [2.05, 4.69) is 4.98 Å². The largest absolute Gasteiger partial charge is 0.503 e. The van der Waals surface area contributed by atoms with Crippen LogP contribution >= 0.6 is 11.3 Å². The maximum atomic E-state index is 13.4. The minimum Gasteiger partial charge on any atom is -0.503 e. The molecule has 0 saturated heterocycles. The molecule has 1 N–H and O–H groups in total. The van der Waals surface area contributed by atoms with E-state index in [1.165, 1.54) is 34.4 Å². The van der Waals surface area contributed by atoms with Crippen LogP contribution in [0.4, 0.5) is 5.69 Å². The predicted octanol–water partition coefficient (Wildman–Crippen LogP) is 3.20. The second-order valence-corrected chi connectivity index (χ2v) is 8.85. The van der Waals surface area contributed by atoms with Gasteiger partial charge in [0.25, 0.3) is 11.6 Å². The van der Waals surface area contributed by atoms with Gasteiger partial charge in [0, 0.05) is 18.7 Å². The number of nitrogens with zero attached hydrogens (tertiary/aromatic N) is 4. The van der Waals surface area contributed by atoms with Gasteiger partial charge < -0.3 is 14.9 Å². The molecule has 2 heterocycles. The molecule has 0 aliphatic carbocycles. The summed E-state index contributed by atoms with van der Waals surface area (Å²) in [6, 6.07) is 4.91. The lowest BCUT2D eigenvalue weighted by Gasteiger charge is -2.27. The number of hydrogen-bond acceptors (Lipinski definition) is 8. The molecular formula is C21H24N4O5S. The van der Waals surface area contributed by atoms with Gasteiger partial charge in [-0.15, -0.1) is 11.3 Å². The summed E-state index contributed by atoms with van der Waals surface area (Å²) in [7, 11) is 3.81. The molecule has 1 aliphatic rings. The van der Waals surface area contributed by atoms with E-state index in [0.29, 0.717) is 34.1 Å². The van der Waals surface area contributed by atoms with Crippen LogP contribution in [0.2, 0.25) is 0 Å². The van der Waals surface area contributed by atoms with Crippen LogP contribution in [0.25, 0.3) is 0 Å². The van der Waals surface area contributed by atoms with Crippen molar-refractivity contribution in [1.29, 1.82) is 0 Å². The SMILES string of the molecule is Cc1nc(C)c(C(=O)C2=C(O)C(=O)N(CCCN(C)C)[C@@H]2c2cccc([N+](=O)[O-])c2)s1. The molecular weight excluding hydrogens is 420 g/mol. The maximum absolute atomic E-state index is 13.4. The van der Waals surface area contributed by atoms with Crippen LogP contribution in [0.5, 0.6) is 0 Å². The van der Waals surface area contributed by atoms with Crippen molar-refractivity contribution in [1.82, 2.24) is 14.8 Å². The van der Waals surface area contributed by atoms with E-state index in [1.54, 1.807) is 19.9 Å². The monoisotopic (exact) mass is 444 g/mol. The number of non-ortho nitro benzene ring substituents is 1. The molecule has 3 rings (SSSR count). The summed E-state index contributed by atoms with van der Waals surface area (Å²) in [6.45, 7) is 4.45. The van der Waals surface area contributed by atoms with E-state index in [1.807, 2.05) is 19.0 Å². The zero-order valence-corrected chi connectivity index (χ0v) is 18.6. The molecule has 0 radical (unpaired) electrons. The molecule has 164 valence electrons. The number of nitro groups is 1. The molecule has 10 heteroatoms. The molecule has 1 atom stereocenters. The standard InChI is InChI=1S/C21H24N4O5S/c1-12-20(31-13(2)22-12)18(26)16-17(14-7-5-8-15(11-14)25(29)30)24(21(28)19(16)27)10-6-9-23(3)4/h5,7-8,11,17,27H,6,9-10H2,1-4H3/t17-/m1/s1. The zero-order valence-electron chi connectivity index (χ0n) is 17.8. The molecule has 1 aromatic carbocycles. The Kier molecular flexibility index (Phi) is 6.51. The number of carbonyl (C=O) groups excluding carboxylic acids is 2. The van der Waals surface area contributed by atoms with E-state index < -0.39 is 28.4 Å². The predicted molar refractivity (Wildman–Crippen MR) is 116 cm³/mol. The maximum Gasteiger partial charge on any atom is 0.290 e. The molecule has 0 spiro atoms. The summed E-state index contributed by atoms with van der Waals surface area (Å²) >= 11 is 1.19. The molecule has 0 bridgehead atoms. The number of Topliss-reactive ketones (excluding diaryl/α,β-unsaturated/α-hetero) is 1. The van der Waals surface area contributed by atoms with Gasteiger partial charge in [0.2, 0.25) is 5.78 Å². The number of amides is 1. The van der Waals surface area contributed by atoms with Gasteiger partial charge in [-0.05, 0) is 46.5 Å². The lowest BCUT2D eigenvalue weighted by molar-refractivity contribution is -0.384. The van der Waals surface area contributed by atoms with Crippen LogP contribution in [0.1, 0.15) is 38.4 Å². The van der Waals surface area contributed by atoms with E-state index in [4.69, 9.17) is 0 Å². The van der Waals surface area contributed by atoms with Crippen LogP contribution in [0.15, 0.2) is 35.6 Å². The number of rotatable bonds is 8. The van der Waals surface area contributed by atoms with Crippen molar-refractivity contribution < 1.29 is 19.6 Å². The topological polar surface area (TPSA) is 117 Å². The average Bonchev–Trinajstić information content (AvgIpc) is 3.17. The van der Waals surface area contributed by atoms with Crippen molar-refractivity contribution in [3.8, 4) is 0 Å². The van der Waals surface area contributed by atoms with Gasteiger partial charge in [-0.2, -0.15) is 0 Å². The molecule has 0 saturated carbocycles. The first kappa shape index (κ1) is 22.6. The van der Waals surface area contributed by atoms with Crippen molar-refractivity contribution in [3.63, 3.8) is 0 Å². The fourth-order valence-electron chi connectivity index (χ4n) is 3.69. The van der Waals surface area contributed by atoms with Gasteiger partial charge in [0.05, 0.1) is 32.1 Å². The number of aliphatic hydroxyl groups is 1. The number of nitro benzene ring substituents is 1. The lowest BCUT2D eigenvalue weighted by Crippen LogP contribution is -2.33. The van der Waals surface area contributed by atoms with Gasteiger partial charge >= 0.3 is 0 Å². The van der Waals surface area contributed by atoms with Crippen molar-refractivity contribution in [2.45, 2.75) is 26.3 Å². The fourth-order valence-corrected chi connectivity index (χ4v) is 4.57. The summed E-state index contributed by atoms with van der Waals surface area (Å²) in [6.07, 6.45) is 0.609. The number of thiazole rings is 1. The van der Waals surface area contributed by atoms with E-state index in [9.17, 15) is 24.8 Å². The first-order valence-corrected chi connectivity index (χ1v) is 10.5. The van der Waals surface area contributed by atoms with E-state index in [0.717, 1.165) is 0 Å². The summed E-state index contributed by atoms with van der Waals surface area (Å²) in [5.74, 6) is -1.75. The van der Waals surface area contributed by atoms with E-state index >= 15 is 0 Å². The molecule has 1 aromatic heterocycles.